The Balaban J connectivity index is 2.16. The molecular formula is C8H11N2S+. The van der Waals surface area contributed by atoms with E-state index in [0.29, 0.717) is 5.50 Å². The molecule has 1 N–H and O–H groups in total. The topological polar surface area (TPSA) is 15.9 Å². The molecule has 0 saturated carbocycles. The van der Waals surface area contributed by atoms with Gasteiger partial charge in [0.25, 0.3) is 5.50 Å². The molecule has 0 bridgehead atoms. The van der Waals surface area contributed by atoms with E-state index >= 15 is 0 Å². The van der Waals surface area contributed by atoms with Crippen LogP contribution in [0.25, 0.3) is 0 Å². The maximum Gasteiger partial charge on any atom is 0.260 e. The van der Waals surface area contributed by atoms with Crippen molar-refractivity contribution >= 4 is 11.8 Å². The van der Waals surface area contributed by atoms with E-state index in [0.717, 1.165) is 6.54 Å². The van der Waals surface area contributed by atoms with Crippen LogP contribution in [0.4, 0.5) is 0 Å². The highest BCUT2D eigenvalue weighted by atomic mass is 32.2. The van der Waals surface area contributed by atoms with Gasteiger partial charge in [-0.1, -0.05) is 17.8 Å². The fourth-order valence-electron chi connectivity index (χ4n) is 1.17. The number of aromatic nitrogens is 1. The summed E-state index contributed by atoms with van der Waals surface area (Å²) >= 11 is 1.95. The Morgan fingerprint density at radius 1 is 1.27 bits per heavy atom. The average molecular weight is 167 g/mol. The lowest BCUT2D eigenvalue weighted by Gasteiger charge is -2.01. The van der Waals surface area contributed by atoms with Gasteiger partial charge in [-0.3, -0.25) is 0 Å². The summed E-state index contributed by atoms with van der Waals surface area (Å²) in [6, 6.07) is 6.15. The molecule has 1 unspecified atom stereocenters. The Morgan fingerprint density at radius 2 is 2.09 bits per heavy atom. The molecule has 0 amide bonds. The molecule has 1 aliphatic heterocycles. The van der Waals surface area contributed by atoms with E-state index in [-0.39, 0.29) is 0 Å². The van der Waals surface area contributed by atoms with Crippen molar-refractivity contribution in [2.45, 2.75) is 5.50 Å². The van der Waals surface area contributed by atoms with Crippen molar-refractivity contribution in [2.75, 3.05) is 12.3 Å². The summed E-state index contributed by atoms with van der Waals surface area (Å²) in [5.74, 6) is 1.21. The van der Waals surface area contributed by atoms with Gasteiger partial charge in [0.1, 0.15) is 0 Å². The molecule has 0 radical (unpaired) electrons. The molecule has 1 aromatic rings. The van der Waals surface area contributed by atoms with Crippen LogP contribution < -0.4 is 9.88 Å². The van der Waals surface area contributed by atoms with Crippen molar-refractivity contribution < 1.29 is 4.57 Å². The van der Waals surface area contributed by atoms with E-state index < -0.39 is 0 Å². The van der Waals surface area contributed by atoms with Gasteiger partial charge in [0.15, 0.2) is 12.4 Å². The molecule has 2 rings (SSSR count). The third-order valence-electron chi connectivity index (χ3n) is 1.71. The molecule has 0 spiro atoms. The zero-order valence-corrected chi connectivity index (χ0v) is 7.05. The first-order valence-corrected chi connectivity index (χ1v) is 4.82. The summed E-state index contributed by atoms with van der Waals surface area (Å²) in [4.78, 5) is 0. The number of thioether (sulfide) groups is 1. The summed E-state index contributed by atoms with van der Waals surface area (Å²) < 4.78 is 2.19. The van der Waals surface area contributed by atoms with Crippen molar-refractivity contribution in [1.82, 2.24) is 5.32 Å². The smallest absolute Gasteiger partial charge is 0.249 e. The standard InChI is InChI=1S/C8H11N2S/c1-2-5-10(6-3-1)8-9-4-7-11-8/h1-3,5-6,8-9H,4,7H2/q+1. The second kappa shape index (κ2) is 3.24. The van der Waals surface area contributed by atoms with Gasteiger partial charge in [0.05, 0.1) is 0 Å². The van der Waals surface area contributed by atoms with Crippen LogP contribution in [-0.4, -0.2) is 12.3 Å². The first-order chi connectivity index (χ1) is 5.47. The van der Waals surface area contributed by atoms with Crippen LogP contribution >= 0.6 is 11.8 Å². The average Bonchev–Trinajstić information content (AvgIpc) is 2.58. The Bertz CT molecular complexity index is 219. The SMILES string of the molecule is c1cc[n+](C2NCCS2)cc1. The van der Waals surface area contributed by atoms with Gasteiger partial charge in [-0.25, -0.2) is 5.32 Å². The van der Waals surface area contributed by atoms with E-state index in [1.54, 1.807) is 0 Å². The maximum atomic E-state index is 3.40. The third kappa shape index (κ3) is 1.54. The van der Waals surface area contributed by atoms with Crippen molar-refractivity contribution in [2.24, 2.45) is 0 Å². The number of rotatable bonds is 1. The van der Waals surface area contributed by atoms with Gasteiger partial charge >= 0.3 is 0 Å². The molecule has 11 heavy (non-hydrogen) atoms. The lowest BCUT2D eigenvalue weighted by atomic mass is 10.5. The van der Waals surface area contributed by atoms with E-state index in [1.165, 1.54) is 5.75 Å². The van der Waals surface area contributed by atoms with E-state index in [2.05, 4.69) is 34.4 Å². The normalized spacial score (nSPS) is 23.8. The molecule has 0 aromatic carbocycles. The summed E-state index contributed by atoms with van der Waals surface area (Å²) in [6.45, 7) is 1.12. The summed E-state index contributed by atoms with van der Waals surface area (Å²) in [7, 11) is 0. The van der Waals surface area contributed by atoms with Crippen LogP contribution in [0.3, 0.4) is 0 Å². The predicted molar refractivity (Wildman–Crippen MR) is 46.1 cm³/mol. The minimum Gasteiger partial charge on any atom is -0.249 e. The summed E-state index contributed by atoms with van der Waals surface area (Å²) in [5, 5.41) is 3.40. The molecule has 1 fully saturated rings. The number of hydrogen-bond donors (Lipinski definition) is 1. The highest BCUT2D eigenvalue weighted by molar-refractivity contribution is 7.99. The minimum absolute atomic E-state index is 0.455. The van der Waals surface area contributed by atoms with Crippen LogP contribution in [-0.2, 0) is 0 Å². The number of nitrogens with zero attached hydrogens (tertiary/aromatic N) is 1. The second-order valence-electron chi connectivity index (χ2n) is 2.50. The summed E-state index contributed by atoms with van der Waals surface area (Å²) in [6.07, 6.45) is 4.19. The van der Waals surface area contributed by atoms with Gasteiger partial charge in [-0.15, -0.1) is 0 Å². The molecule has 1 atom stereocenters. The number of pyridine rings is 1. The van der Waals surface area contributed by atoms with Crippen LogP contribution in [0.5, 0.6) is 0 Å². The third-order valence-corrected chi connectivity index (χ3v) is 2.87. The van der Waals surface area contributed by atoms with Crippen molar-refractivity contribution in [3.63, 3.8) is 0 Å². The van der Waals surface area contributed by atoms with Gasteiger partial charge in [-0.05, 0) is 0 Å². The largest absolute Gasteiger partial charge is 0.260 e. The molecular weight excluding hydrogens is 156 g/mol. The van der Waals surface area contributed by atoms with Crippen LogP contribution in [0.15, 0.2) is 30.6 Å². The molecule has 3 heteroatoms. The molecule has 0 aliphatic carbocycles. The molecule has 1 aliphatic rings. The van der Waals surface area contributed by atoms with E-state index in [9.17, 15) is 0 Å². The molecule has 2 heterocycles. The predicted octanol–water partition coefficient (Wildman–Crippen LogP) is 0.767. The first-order valence-electron chi connectivity index (χ1n) is 3.77. The highest BCUT2D eigenvalue weighted by Crippen LogP contribution is 2.17. The molecule has 1 aromatic heterocycles. The number of nitrogens with one attached hydrogen (secondary N) is 1. The molecule has 58 valence electrons. The Kier molecular flexibility index (Phi) is 2.10. The second-order valence-corrected chi connectivity index (χ2v) is 3.69. The Morgan fingerprint density at radius 3 is 2.73 bits per heavy atom. The van der Waals surface area contributed by atoms with Crippen LogP contribution in [0, 0.1) is 0 Å². The fourth-order valence-corrected chi connectivity index (χ4v) is 2.18. The summed E-state index contributed by atoms with van der Waals surface area (Å²) in [5.41, 5.74) is 0.455. The lowest BCUT2D eigenvalue weighted by molar-refractivity contribution is -0.703. The van der Waals surface area contributed by atoms with Gasteiger partial charge < -0.3 is 0 Å². The van der Waals surface area contributed by atoms with Gasteiger partial charge in [-0.2, -0.15) is 4.57 Å². The zero-order valence-electron chi connectivity index (χ0n) is 6.23. The number of hydrogen-bond acceptors (Lipinski definition) is 2. The van der Waals surface area contributed by atoms with Crippen molar-refractivity contribution in [1.29, 1.82) is 0 Å². The van der Waals surface area contributed by atoms with Crippen LogP contribution in [0.2, 0.25) is 0 Å². The Labute approximate surface area is 70.6 Å². The zero-order chi connectivity index (χ0) is 7.52. The highest BCUT2D eigenvalue weighted by Gasteiger charge is 2.21. The van der Waals surface area contributed by atoms with Gasteiger partial charge in [0, 0.05) is 24.4 Å². The first kappa shape index (κ1) is 7.13. The quantitative estimate of drug-likeness (QED) is 0.622. The monoisotopic (exact) mass is 167 g/mol. The molecule has 1 saturated heterocycles. The maximum absolute atomic E-state index is 3.40. The van der Waals surface area contributed by atoms with Crippen LogP contribution in [0.1, 0.15) is 5.50 Å². The fraction of sp³-hybridized carbons (Fsp3) is 0.375. The Hall–Kier alpha value is -0.540. The van der Waals surface area contributed by atoms with E-state index in [1.807, 2.05) is 17.8 Å². The lowest BCUT2D eigenvalue weighted by Crippen LogP contribution is -2.42. The van der Waals surface area contributed by atoms with Gasteiger partial charge in [0.2, 0.25) is 0 Å². The molecule has 2 nitrogen and oxygen atoms in total. The minimum atomic E-state index is 0.455. The van der Waals surface area contributed by atoms with E-state index in [4.69, 9.17) is 0 Å². The van der Waals surface area contributed by atoms with Crippen molar-refractivity contribution in [3.8, 4) is 0 Å². The van der Waals surface area contributed by atoms with Crippen molar-refractivity contribution in [3.05, 3.63) is 30.6 Å².